The number of benzene rings is 1. The highest BCUT2D eigenvalue weighted by Gasteiger charge is 2.09. The summed E-state index contributed by atoms with van der Waals surface area (Å²) in [5, 5.41) is 3.23. The lowest BCUT2D eigenvalue weighted by molar-refractivity contribution is 0.0972. The van der Waals surface area contributed by atoms with Crippen LogP contribution >= 0.6 is 24.0 Å². The molecule has 2 rings (SSSR count). The summed E-state index contributed by atoms with van der Waals surface area (Å²) in [6, 6.07) is 11.2. The average Bonchev–Trinajstić information content (AvgIpc) is 3.09. The van der Waals surface area contributed by atoms with Crippen molar-refractivity contribution < 1.29 is 13.9 Å². The third-order valence-electron chi connectivity index (χ3n) is 3.70. The average molecular weight is 486 g/mol. The van der Waals surface area contributed by atoms with Crippen molar-refractivity contribution in [3.63, 3.8) is 0 Å². The lowest BCUT2D eigenvalue weighted by Crippen LogP contribution is -2.40. The summed E-state index contributed by atoms with van der Waals surface area (Å²) in [4.78, 5) is 17.6. The lowest BCUT2D eigenvalue weighted by atomic mass is 10.2. The van der Waals surface area contributed by atoms with Crippen LogP contribution in [0.5, 0.6) is 5.75 Å². The zero-order valence-corrected chi connectivity index (χ0v) is 18.2. The van der Waals surface area contributed by atoms with Gasteiger partial charge in [-0.1, -0.05) is 17.7 Å². The first-order chi connectivity index (χ1) is 12.5. The molecule has 0 bridgehead atoms. The number of hydrogen-bond acceptors (Lipinski definition) is 4. The number of furan rings is 1. The Hall–Kier alpha value is -2.23. The predicted molar refractivity (Wildman–Crippen MR) is 117 cm³/mol. The van der Waals surface area contributed by atoms with E-state index in [1.54, 1.807) is 12.1 Å². The first-order valence-corrected chi connectivity index (χ1v) is 8.57. The molecule has 1 heterocycles. The second-order valence-corrected chi connectivity index (χ2v) is 5.88. The minimum atomic E-state index is -0.586. The van der Waals surface area contributed by atoms with E-state index in [4.69, 9.17) is 14.9 Å². The second kappa shape index (κ2) is 11.5. The highest BCUT2D eigenvalue weighted by molar-refractivity contribution is 14.0. The second-order valence-electron chi connectivity index (χ2n) is 5.88. The number of carbonyl (C=O) groups is 1. The summed E-state index contributed by atoms with van der Waals surface area (Å²) < 4.78 is 11.1. The summed E-state index contributed by atoms with van der Waals surface area (Å²) in [5.74, 6) is 1.72. The van der Waals surface area contributed by atoms with Crippen molar-refractivity contribution in [2.45, 2.75) is 20.4 Å². The number of rotatable bonds is 8. The van der Waals surface area contributed by atoms with E-state index in [2.05, 4.69) is 10.3 Å². The van der Waals surface area contributed by atoms with Gasteiger partial charge < -0.3 is 25.1 Å². The van der Waals surface area contributed by atoms with E-state index in [0.717, 1.165) is 18.3 Å². The van der Waals surface area contributed by atoms with Gasteiger partial charge in [-0.3, -0.25) is 4.79 Å². The molecule has 1 aromatic heterocycles. The maximum absolute atomic E-state index is 11.1. The number of primary amides is 1. The molecule has 0 saturated heterocycles. The molecule has 0 aliphatic rings. The number of ether oxygens (including phenoxy) is 1. The lowest BCUT2D eigenvalue weighted by Gasteiger charge is -2.22. The van der Waals surface area contributed by atoms with Crippen LogP contribution in [0.2, 0.25) is 0 Å². The molecule has 2 aromatic rings. The van der Waals surface area contributed by atoms with Crippen molar-refractivity contribution in [3.05, 3.63) is 53.5 Å². The zero-order valence-electron chi connectivity index (χ0n) is 15.9. The van der Waals surface area contributed by atoms with Crippen LogP contribution in [0, 0.1) is 6.92 Å². The fourth-order valence-electron chi connectivity index (χ4n) is 2.26. The largest absolute Gasteiger partial charge is 0.492 e. The van der Waals surface area contributed by atoms with E-state index in [9.17, 15) is 4.79 Å². The topological polar surface area (TPSA) is 93.1 Å². The summed E-state index contributed by atoms with van der Waals surface area (Å²) in [7, 11) is 1.94. The van der Waals surface area contributed by atoms with Gasteiger partial charge in [0.05, 0.1) is 6.54 Å². The molecule has 27 heavy (non-hydrogen) atoms. The summed E-state index contributed by atoms with van der Waals surface area (Å²) >= 11 is 0. The highest BCUT2D eigenvalue weighted by Crippen LogP contribution is 2.11. The summed E-state index contributed by atoms with van der Waals surface area (Å²) in [5.41, 5.74) is 6.39. The fourth-order valence-corrected chi connectivity index (χ4v) is 2.26. The molecule has 0 saturated carbocycles. The van der Waals surface area contributed by atoms with E-state index in [0.29, 0.717) is 25.5 Å². The molecule has 1 amide bonds. The molecule has 8 heteroatoms. The molecule has 0 unspecified atom stereocenters. The minimum absolute atomic E-state index is 0. The highest BCUT2D eigenvalue weighted by atomic mass is 127. The van der Waals surface area contributed by atoms with Gasteiger partial charge in [0.2, 0.25) is 0 Å². The molecule has 7 nitrogen and oxygen atoms in total. The number of amides is 1. The zero-order chi connectivity index (χ0) is 18.9. The van der Waals surface area contributed by atoms with Crippen LogP contribution in [-0.2, 0) is 6.54 Å². The minimum Gasteiger partial charge on any atom is -0.492 e. The number of aliphatic imine (C=N–C) groups is 1. The van der Waals surface area contributed by atoms with Gasteiger partial charge in [0.25, 0.3) is 5.91 Å². The molecule has 148 valence electrons. The van der Waals surface area contributed by atoms with Crippen LogP contribution in [-0.4, -0.2) is 43.5 Å². The third kappa shape index (κ3) is 7.49. The van der Waals surface area contributed by atoms with Crippen molar-refractivity contribution in [1.29, 1.82) is 0 Å². The number of nitrogens with one attached hydrogen (secondary N) is 1. The Labute approximate surface area is 177 Å². The van der Waals surface area contributed by atoms with Crippen molar-refractivity contribution in [3.8, 4) is 5.75 Å². The summed E-state index contributed by atoms with van der Waals surface area (Å²) in [6.07, 6.45) is 0. The Bertz CT molecular complexity index is 744. The SMILES string of the molecule is CCNC(=NCc1ccc(C(N)=O)o1)N(C)CCOc1ccc(C)cc1.I. The van der Waals surface area contributed by atoms with Crippen LogP contribution in [0.15, 0.2) is 45.8 Å². The van der Waals surface area contributed by atoms with Crippen molar-refractivity contribution in [1.82, 2.24) is 10.2 Å². The van der Waals surface area contributed by atoms with Crippen LogP contribution < -0.4 is 15.8 Å². The maximum atomic E-state index is 11.1. The normalized spacial score (nSPS) is 10.9. The Balaban J connectivity index is 0.00000364. The molecule has 3 N–H and O–H groups in total. The molecular weight excluding hydrogens is 459 g/mol. The molecule has 0 fully saturated rings. The number of hydrogen-bond donors (Lipinski definition) is 2. The Morgan fingerprint density at radius 2 is 1.96 bits per heavy atom. The fraction of sp³-hybridized carbons (Fsp3) is 0.368. The van der Waals surface area contributed by atoms with Gasteiger partial charge in [0, 0.05) is 13.6 Å². The number of guanidine groups is 1. The Morgan fingerprint density at radius 1 is 1.26 bits per heavy atom. The summed E-state index contributed by atoms with van der Waals surface area (Å²) in [6.45, 7) is 6.32. The molecule has 1 aromatic carbocycles. The van der Waals surface area contributed by atoms with Gasteiger partial charge in [-0.15, -0.1) is 24.0 Å². The quantitative estimate of drug-likeness (QED) is 0.340. The van der Waals surface area contributed by atoms with E-state index >= 15 is 0 Å². The Kier molecular flexibility index (Phi) is 9.70. The third-order valence-corrected chi connectivity index (χ3v) is 3.70. The predicted octanol–water partition coefficient (Wildman–Crippen LogP) is 2.78. The van der Waals surface area contributed by atoms with Gasteiger partial charge in [0.1, 0.15) is 24.7 Å². The van der Waals surface area contributed by atoms with Gasteiger partial charge >= 0.3 is 0 Å². The van der Waals surface area contributed by atoms with Crippen molar-refractivity contribution in [2.24, 2.45) is 10.7 Å². The van der Waals surface area contributed by atoms with E-state index in [-0.39, 0.29) is 29.7 Å². The molecule has 0 aliphatic carbocycles. The number of nitrogens with two attached hydrogens (primary N) is 1. The van der Waals surface area contributed by atoms with Gasteiger partial charge in [-0.05, 0) is 38.1 Å². The van der Waals surface area contributed by atoms with Crippen molar-refractivity contribution >= 4 is 35.8 Å². The smallest absolute Gasteiger partial charge is 0.284 e. The van der Waals surface area contributed by atoms with Crippen LogP contribution in [0.4, 0.5) is 0 Å². The number of likely N-dealkylation sites (N-methyl/N-ethyl adjacent to an activating group) is 1. The number of halogens is 1. The van der Waals surface area contributed by atoms with Crippen LogP contribution in [0.1, 0.15) is 28.8 Å². The monoisotopic (exact) mass is 486 g/mol. The molecule has 0 spiro atoms. The van der Waals surface area contributed by atoms with Gasteiger partial charge in [-0.2, -0.15) is 0 Å². The first-order valence-electron chi connectivity index (χ1n) is 8.57. The van der Waals surface area contributed by atoms with Gasteiger partial charge in [-0.25, -0.2) is 4.99 Å². The molecule has 0 atom stereocenters. The van der Waals surface area contributed by atoms with Crippen LogP contribution in [0.3, 0.4) is 0 Å². The molecule has 0 aliphatic heterocycles. The molecule has 0 radical (unpaired) electrons. The Morgan fingerprint density at radius 3 is 2.56 bits per heavy atom. The first kappa shape index (κ1) is 22.8. The van der Waals surface area contributed by atoms with E-state index < -0.39 is 5.91 Å². The van der Waals surface area contributed by atoms with E-state index in [1.807, 2.05) is 50.1 Å². The number of carbonyl (C=O) groups excluding carboxylic acids is 1. The maximum Gasteiger partial charge on any atom is 0.284 e. The van der Waals surface area contributed by atoms with E-state index in [1.165, 1.54) is 5.56 Å². The van der Waals surface area contributed by atoms with Crippen LogP contribution in [0.25, 0.3) is 0 Å². The standard InChI is InChI=1S/C19H26N4O3.HI/c1-4-21-19(22-13-16-9-10-17(26-16)18(20)24)23(3)11-12-25-15-7-5-14(2)6-8-15;/h5-10H,4,11-13H2,1-3H3,(H2,20,24)(H,21,22);1H. The van der Waals surface area contributed by atoms with Crippen molar-refractivity contribution in [2.75, 3.05) is 26.7 Å². The van der Waals surface area contributed by atoms with Gasteiger partial charge in [0.15, 0.2) is 11.7 Å². The number of aryl methyl sites for hydroxylation is 1. The number of nitrogens with zero attached hydrogens (tertiary/aromatic N) is 2. The molecular formula is C19H27IN4O3.